The zero-order valence-electron chi connectivity index (χ0n) is 16.3. The Morgan fingerprint density at radius 2 is 2.08 bits per heavy atom. The van der Waals surface area contributed by atoms with Gasteiger partial charge in [-0.25, -0.2) is 0 Å². The lowest BCUT2D eigenvalue weighted by Gasteiger charge is -2.33. The lowest BCUT2D eigenvalue weighted by atomic mass is 9.97. The lowest BCUT2D eigenvalue weighted by molar-refractivity contribution is -0.146. The van der Waals surface area contributed by atoms with E-state index in [1.165, 1.54) is 18.2 Å². The molecule has 0 aliphatic carbocycles. The Labute approximate surface area is 174 Å². The second-order valence-corrected chi connectivity index (χ2v) is 6.79. The number of benzene rings is 1. The average molecular weight is 473 g/mol. The van der Waals surface area contributed by atoms with Gasteiger partial charge in [-0.05, 0) is 32.3 Å². The number of likely N-dealkylation sites (tertiary alicyclic amines) is 1. The van der Waals surface area contributed by atoms with Gasteiger partial charge in [0.25, 0.3) is 0 Å². The van der Waals surface area contributed by atoms with Gasteiger partial charge in [0.1, 0.15) is 0 Å². The average Bonchev–Trinajstić information content (AvgIpc) is 2.64. The summed E-state index contributed by atoms with van der Waals surface area (Å²) in [5.41, 5.74) is 2.61. The summed E-state index contributed by atoms with van der Waals surface area (Å²) in [7, 11) is 1.47. The van der Waals surface area contributed by atoms with Gasteiger partial charge in [-0.2, -0.15) is 0 Å². The molecular formula is C20H32IN3O2. The maximum Gasteiger partial charge on any atom is 0.308 e. The van der Waals surface area contributed by atoms with Crippen molar-refractivity contribution in [1.82, 2.24) is 10.2 Å². The van der Waals surface area contributed by atoms with Gasteiger partial charge >= 0.3 is 5.97 Å². The van der Waals surface area contributed by atoms with Gasteiger partial charge in [-0.15, -0.1) is 24.0 Å². The fraction of sp³-hybridized carbons (Fsp3) is 0.600. The summed E-state index contributed by atoms with van der Waals surface area (Å²) < 4.78 is 4.87. The van der Waals surface area contributed by atoms with Gasteiger partial charge in [-0.1, -0.05) is 36.8 Å². The van der Waals surface area contributed by atoms with Crippen LogP contribution in [0.3, 0.4) is 0 Å². The van der Waals surface area contributed by atoms with E-state index in [4.69, 9.17) is 9.73 Å². The topological polar surface area (TPSA) is 53.9 Å². The molecule has 1 aliphatic heterocycles. The molecular weight excluding hydrogens is 441 g/mol. The molecule has 146 valence electrons. The summed E-state index contributed by atoms with van der Waals surface area (Å²) in [6, 6.07) is 8.62. The molecule has 0 saturated carbocycles. The SMILES string of the molecule is CCNC(=NCC(C)c1cccc(C)c1)N1CCC(C(=O)OC)CC1.I. The van der Waals surface area contributed by atoms with E-state index in [1.807, 2.05) is 0 Å². The van der Waals surface area contributed by atoms with Crippen LogP contribution in [-0.2, 0) is 9.53 Å². The number of carbonyl (C=O) groups is 1. The monoisotopic (exact) mass is 473 g/mol. The standard InChI is InChI=1S/C20H31N3O2.HI/c1-5-21-20(23-11-9-17(10-12-23)19(24)25-4)22-14-16(3)18-8-6-7-15(2)13-18;/h6-8,13,16-17H,5,9-12,14H2,1-4H3,(H,21,22);1H. The van der Waals surface area contributed by atoms with Crippen LogP contribution >= 0.6 is 24.0 Å². The van der Waals surface area contributed by atoms with Crippen molar-refractivity contribution in [2.24, 2.45) is 10.9 Å². The highest BCUT2D eigenvalue weighted by Gasteiger charge is 2.27. The van der Waals surface area contributed by atoms with Crippen LogP contribution in [0, 0.1) is 12.8 Å². The number of esters is 1. The van der Waals surface area contributed by atoms with Crippen molar-refractivity contribution in [3.63, 3.8) is 0 Å². The number of aliphatic imine (C=N–C) groups is 1. The molecule has 6 heteroatoms. The molecule has 0 aromatic heterocycles. The summed E-state index contributed by atoms with van der Waals surface area (Å²) in [4.78, 5) is 18.8. The molecule has 1 aliphatic rings. The first-order valence-corrected chi connectivity index (χ1v) is 9.22. The predicted molar refractivity (Wildman–Crippen MR) is 117 cm³/mol. The highest BCUT2D eigenvalue weighted by molar-refractivity contribution is 14.0. The first-order valence-electron chi connectivity index (χ1n) is 9.22. The molecule has 1 unspecified atom stereocenters. The fourth-order valence-electron chi connectivity index (χ4n) is 3.22. The minimum Gasteiger partial charge on any atom is -0.469 e. The normalized spacial score (nSPS) is 16.6. The third-order valence-corrected chi connectivity index (χ3v) is 4.79. The Balaban J connectivity index is 0.00000338. The second kappa shape index (κ2) is 11.4. The number of rotatable bonds is 5. The van der Waals surface area contributed by atoms with Crippen LogP contribution in [0.1, 0.15) is 43.7 Å². The summed E-state index contributed by atoms with van der Waals surface area (Å²) in [5.74, 6) is 1.26. The second-order valence-electron chi connectivity index (χ2n) is 6.79. The van der Waals surface area contributed by atoms with Crippen molar-refractivity contribution in [3.05, 3.63) is 35.4 Å². The van der Waals surface area contributed by atoms with Crippen molar-refractivity contribution in [2.75, 3.05) is 33.3 Å². The quantitative estimate of drug-likeness (QED) is 0.308. The van der Waals surface area contributed by atoms with E-state index in [0.717, 1.165) is 45.0 Å². The maximum atomic E-state index is 11.7. The summed E-state index contributed by atoms with van der Waals surface area (Å²) in [6.07, 6.45) is 1.65. The number of carbonyl (C=O) groups excluding carboxylic acids is 1. The third kappa shape index (κ3) is 6.45. The van der Waals surface area contributed by atoms with E-state index >= 15 is 0 Å². The molecule has 0 spiro atoms. The molecule has 1 aromatic carbocycles. The molecule has 0 radical (unpaired) electrons. The number of piperidine rings is 1. The van der Waals surface area contributed by atoms with Crippen LogP contribution in [0.4, 0.5) is 0 Å². The predicted octanol–water partition coefficient (Wildman–Crippen LogP) is 3.57. The molecule has 1 saturated heterocycles. The Bertz CT molecular complexity index is 598. The number of aryl methyl sites for hydroxylation is 1. The first kappa shape index (κ1) is 22.7. The Morgan fingerprint density at radius 1 is 1.38 bits per heavy atom. The highest BCUT2D eigenvalue weighted by Crippen LogP contribution is 2.20. The van der Waals surface area contributed by atoms with Gasteiger partial charge in [0.15, 0.2) is 5.96 Å². The number of hydrogen-bond donors (Lipinski definition) is 1. The number of ether oxygens (including phenoxy) is 1. The Kier molecular flexibility index (Phi) is 9.98. The van der Waals surface area contributed by atoms with Crippen molar-refractivity contribution in [3.8, 4) is 0 Å². The van der Waals surface area contributed by atoms with Crippen molar-refractivity contribution in [1.29, 1.82) is 0 Å². The number of nitrogens with zero attached hydrogens (tertiary/aromatic N) is 2. The molecule has 1 heterocycles. The Hall–Kier alpha value is -1.31. The molecule has 1 N–H and O–H groups in total. The summed E-state index contributed by atoms with van der Waals surface area (Å²) in [5, 5.41) is 3.39. The minimum atomic E-state index is -0.0883. The van der Waals surface area contributed by atoms with E-state index in [2.05, 4.69) is 55.3 Å². The number of methoxy groups -OCH3 is 1. The largest absolute Gasteiger partial charge is 0.469 e. The van der Waals surface area contributed by atoms with Gasteiger partial charge < -0.3 is 15.0 Å². The number of halogens is 1. The molecule has 0 bridgehead atoms. The van der Waals surface area contributed by atoms with Gasteiger partial charge in [-0.3, -0.25) is 9.79 Å². The minimum absolute atomic E-state index is 0. The Morgan fingerprint density at radius 3 is 2.65 bits per heavy atom. The van der Waals surface area contributed by atoms with Gasteiger partial charge in [0, 0.05) is 32.1 Å². The van der Waals surface area contributed by atoms with Crippen LogP contribution in [0.5, 0.6) is 0 Å². The molecule has 26 heavy (non-hydrogen) atoms. The third-order valence-electron chi connectivity index (χ3n) is 4.79. The van der Waals surface area contributed by atoms with Crippen LogP contribution in [0.2, 0.25) is 0 Å². The number of nitrogens with one attached hydrogen (secondary N) is 1. The van der Waals surface area contributed by atoms with E-state index in [9.17, 15) is 4.79 Å². The first-order chi connectivity index (χ1) is 12.0. The van der Waals surface area contributed by atoms with Crippen molar-refractivity contribution >= 4 is 35.9 Å². The van der Waals surface area contributed by atoms with Crippen LogP contribution in [-0.4, -0.2) is 50.1 Å². The van der Waals surface area contributed by atoms with E-state index in [0.29, 0.717) is 5.92 Å². The number of guanidine groups is 1. The summed E-state index contributed by atoms with van der Waals surface area (Å²) in [6.45, 7) is 9.69. The fourth-order valence-corrected chi connectivity index (χ4v) is 3.22. The molecule has 0 amide bonds. The highest BCUT2D eigenvalue weighted by atomic mass is 127. The lowest BCUT2D eigenvalue weighted by Crippen LogP contribution is -2.46. The molecule has 2 rings (SSSR count). The molecule has 1 atom stereocenters. The van der Waals surface area contributed by atoms with Crippen molar-refractivity contribution < 1.29 is 9.53 Å². The van der Waals surface area contributed by atoms with Crippen LogP contribution in [0.15, 0.2) is 29.3 Å². The molecule has 5 nitrogen and oxygen atoms in total. The van der Waals surface area contributed by atoms with Gasteiger partial charge in [0.2, 0.25) is 0 Å². The zero-order chi connectivity index (χ0) is 18.2. The molecule has 1 fully saturated rings. The number of hydrogen-bond acceptors (Lipinski definition) is 3. The van der Waals surface area contributed by atoms with E-state index in [-0.39, 0.29) is 35.9 Å². The zero-order valence-corrected chi connectivity index (χ0v) is 18.7. The van der Waals surface area contributed by atoms with Gasteiger partial charge in [0.05, 0.1) is 13.0 Å². The van der Waals surface area contributed by atoms with E-state index in [1.54, 1.807) is 0 Å². The molecule has 1 aromatic rings. The van der Waals surface area contributed by atoms with Crippen LogP contribution in [0.25, 0.3) is 0 Å². The van der Waals surface area contributed by atoms with Crippen molar-refractivity contribution in [2.45, 2.75) is 39.5 Å². The smallest absolute Gasteiger partial charge is 0.308 e. The maximum absolute atomic E-state index is 11.7. The summed E-state index contributed by atoms with van der Waals surface area (Å²) >= 11 is 0. The van der Waals surface area contributed by atoms with E-state index < -0.39 is 0 Å². The van der Waals surface area contributed by atoms with Crippen LogP contribution < -0.4 is 5.32 Å².